The van der Waals surface area contributed by atoms with Gasteiger partial charge in [-0.3, -0.25) is 9.59 Å². The van der Waals surface area contributed by atoms with Gasteiger partial charge in [-0.2, -0.15) is 5.26 Å². The fourth-order valence-electron chi connectivity index (χ4n) is 3.14. The summed E-state index contributed by atoms with van der Waals surface area (Å²) in [5.41, 5.74) is 0.133. The molecule has 1 aromatic rings. The predicted octanol–water partition coefficient (Wildman–Crippen LogP) is 2.92. The Morgan fingerprint density at radius 1 is 1.27 bits per heavy atom. The topological polar surface area (TPSA) is 109 Å². The van der Waals surface area contributed by atoms with Gasteiger partial charge in [-0.05, 0) is 45.6 Å². The van der Waals surface area contributed by atoms with Gasteiger partial charge in [0.1, 0.15) is 24.3 Å². The third-order valence-corrected chi connectivity index (χ3v) is 4.55. The summed E-state index contributed by atoms with van der Waals surface area (Å²) in [6.45, 7) is 5.74. The second-order valence-corrected chi connectivity index (χ2v) is 8.20. The third-order valence-electron chi connectivity index (χ3n) is 4.55. The minimum atomic E-state index is -0.974. The molecule has 0 spiro atoms. The highest BCUT2D eigenvalue weighted by Gasteiger charge is 2.35. The van der Waals surface area contributed by atoms with E-state index in [9.17, 15) is 19.6 Å². The summed E-state index contributed by atoms with van der Waals surface area (Å²) in [5.74, 6) is -0.860. The van der Waals surface area contributed by atoms with Crippen LogP contribution in [0.2, 0.25) is 0 Å². The normalized spacial score (nSPS) is 17.0. The number of rotatable bonds is 7. The number of carbonyl (C=O) groups excluding carboxylic acids is 3. The van der Waals surface area contributed by atoms with Gasteiger partial charge in [-0.1, -0.05) is 30.3 Å². The largest absolute Gasteiger partial charge is 0.461 e. The van der Waals surface area contributed by atoms with Crippen molar-refractivity contribution in [2.75, 3.05) is 6.54 Å². The van der Waals surface area contributed by atoms with Crippen LogP contribution in [0.15, 0.2) is 30.3 Å². The van der Waals surface area contributed by atoms with Gasteiger partial charge in [0, 0.05) is 13.0 Å². The number of amides is 2. The summed E-state index contributed by atoms with van der Waals surface area (Å²) in [7, 11) is 0. The highest BCUT2D eigenvalue weighted by Crippen LogP contribution is 2.19. The molecule has 0 bridgehead atoms. The van der Waals surface area contributed by atoms with Crippen molar-refractivity contribution in [2.45, 2.75) is 70.7 Å². The van der Waals surface area contributed by atoms with E-state index < -0.39 is 29.7 Å². The van der Waals surface area contributed by atoms with Crippen LogP contribution in [0.25, 0.3) is 0 Å². The fourth-order valence-corrected chi connectivity index (χ4v) is 3.14. The Hall–Kier alpha value is -3.08. The second kappa shape index (κ2) is 10.6. The molecule has 2 rings (SSSR count). The molecule has 1 saturated heterocycles. The van der Waals surface area contributed by atoms with Gasteiger partial charge in [0.15, 0.2) is 0 Å². The van der Waals surface area contributed by atoms with Crippen molar-refractivity contribution in [3.63, 3.8) is 0 Å². The number of hydrogen-bond donors (Lipinski definition) is 1. The maximum atomic E-state index is 13.0. The van der Waals surface area contributed by atoms with Crippen molar-refractivity contribution in [3.8, 4) is 6.07 Å². The zero-order valence-electron chi connectivity index (χ0n) is 17.7. The quantitative estimate of drug-likeness (QED) is 0.686. The van der Waals surface area contributed by atoms with Crippen LogP contribution < -0.4 is 5.32 Å². The van der Waals surface area contributed by atoms with Gasteiger partial charge < -0.3 is 19.7 Å². The molecular weight excluding hydrogens is 386 g/mol. The number of carbonyl (C=O) groups is 3. The lowest BCUT2D eigenvalue weighted by atomic mass is 10.1. The SMILES string of the molecule is CC(C)(C)OC(=O)N[C@@H](CCC(=O)OCc1ccccc1)C(=O)N1CCC[C@H]1C#N. The van der Waals surface area contributed by atoms with Crippen LogP contribution in [0.3, 0.4) is 0 Å². The number of ether oxygens (including phenoxy) is 2. The molecule has 1 aliphatic rings. The summed E-state index contributed by atoms with van der Waals surface area (Å²) in [5, 5.41) is 11.8. The lowest BCUT2D eigenvalue weighted by Crippen LogP contribution is -2.51. The smallest absolute Gasteiger partial charge is 0.408 e. The summed E-state index contributed by atoms with van der Waals surface area (Å²) in [6.07, 6.45) is 0.582. The highest BCUT2D eigenvalue weighted by atomic mass is 16.6. The van der Waals surface area contributed by atoms with Crippen LogP contribution >= 0.6 is 0 Å². The number of likely N-dealkylation sites (tertiary alicyclic amines) is 1. The van der Waals surface area contributed by atoms with E-state index in [2.05, 4.69) is 11.4 Å². The van der Waals surface area contributed by atoms with Crippen molar-refractivity contribution in [1.82, 2.24) is 10.2 Å². The molecule has 1 aliphatic heterocycles. The van der Waals surface area contributed by atoms with E-state index in [-0.39, 0.29) is 25.4 Å². The maximum absolute atomic E-state index is 13.0. The first-order valence-corrected chi connectivity index (χ1v) is 10.1. The van der Waals surface area contributed by atoms with E-state index in [1.54, 1.807) is 20.8 Å². The lowest BCUT2D eigenvalue weighted by Gasteiger charge is -2.27. The number of hydrogen-bond acceptors (Lipinski definition) is 6. The number of alkyl carbamates (subject to hydrolysis) is 1. The molecule has 2 atom stereocenters. The minimum absolute atomic E-state index is 0.0515. The molecule has 1 N–H and O–H groups in total. The summed E-state index contributed by atoms with van der Waals surface area (Å²) < 4.78 is 10.5. The van der Waals surface area contributed by atoms with Gasteiger partial charge in [0.25, 0.3) is 0 Å². The van der Waals surface area contributed by atoms with Crippen molar-refractivity contribution in [2.24, 2.45) is 0 Å². The van der Waals surface area contributed by atoms with Gasteiger partial charge in [0.05, 0.1) is 6.07 Å². The predicted molar refractivity (Wildman–Crippen MR) is 109 cm³/mol. The Labute approximate surface area is 177 Å². The Morgan fingerprint density at radius 2 is 1.97 bits per heavy atom. The van der Waals surface area contributed by atoms with E-state index in [0.29, 0.717) is 13.0 Å². The van der Waals surface area contributed by atoms with Crippen LogP contribution in [0.4, 0.5) is 4.79 Å². The highest BCUT2D eigenvalue weighted by molar-refractivity contribution is 5.87. The van der Waals surface area contributed by atoms with E-state index in [1.165, 1.54) is 4.90 Å². The Balaban J connectivity index is 1.97. The summed E-state index contributed by atoms with van der Waals surface area (Å²) in [6, 6.07) is 9.88. The first kappa shape index (κ1) is 23.2. The Kier molecular flexibility index (Phi) is 8.22. The molecule has 8 heteroatoms. The number of benzene rings is 1. The average molecular weight is 415 g/mol. The van der Waals surface area contributed by atoms with Gasteiger partial charge in [0.2, 0.25) is 5.91 Å². The van der Waals surface area contributed by atoms with Crippen LogP contribution in [0, 0.1) is 11.3 Å². The Morgan fingerprint density at radius 3 is 2.60 bits per heavy atom. The Bertz CT molecular complexity index is 782. The molecule has 2 amide bonds. The van der Waals surface area contributed by atoms with E-state index in [0.717, 1.165) is 12.0 Å². The molecule has 0 aromatic heterocycles. The van der Waals surface area contributed by atoms with Crippen molar-refractivity contribution < 1.29 is 23.9 Å². The number of nitrogens with zero attached hydrogens (tertiary/aromatic N) is 2. The summed E-state index contributed by atoms with van der Waals surface area (Å²) >= 11 is 0. The van der Waals surface area contributed by atoms with Crippen LogP contribution in [0.1, 0.15) is 52.0 Å². The minimum Gasteiger partial charge on any atom is -0.461 e. The fraction of sp³-hybridized carbons (Fsp3) is 0.545. The van der Waals surface area contributed by atoms with Gasteiger partial charge in [-0.25, -0.2) is 4.79 Å². The zero-order chi connectivity index (χ0) is 22.1. The first-order chi connectivity index (χ1) is 14.2. The third kappa shape index (κ3) is 7.39. The molecule has 0 unspecified atom stereocenters. The molecule has 1 aromatic carbocycles. The van der Waals surface area contributed by atoms with Crippen LogP contribution in [-0.4, -0.2) is 47.1 Å². The molecule has 0 saturated carbocycles. The number of nitrogens with one attached hydrogen (secondary N) is 1. The van der Waals surface area contributed by atoms with Gasteiger partial charge in [-0.15, -0.1) is 0 Å². The maximum Gasteiger partial charge on any atom is 0.408 e. The lowest BCUT2D eigenvalue weighted by molar-refractivity contribution is -0.145. The zero-order valence-corrected chi connectivity index (χ0v) is 17.7. The van der Waals surface area contributed by atoms with Crippen LogP contribution in [-0.2, 0) is 25.7 Å². The molecule has 162 valence electrons. The number of nitriles is 1. The monoisotopic (exact) mass is 415 g/mol. The molecular formula is C22H29N3O5. The number of esters is 1. The molecule has 30 heavy (non-hydrogen) atoms. The van der Waals surface area contributed by atoms with E-state index >= 15 is 0 Å². The second-order valence-electron chi connectivity index (χ2n) is 8.20. The first-order valence-electron chi connectivity index (χ1n) is 10.1. The van der Waals surface area contributed by atoms with E-state index in [4.69, 9.17) is 9.47 Å². The molecule has 1 heterocycles. The van der Waals surface area contributed by atoms with Gasteiger partial charge >= 0.3 is 12.1 Å². The van der Waals surface area contributed by atoms with E-state index in [1.807, 2.05) is 30.3 Å². The molecule has 0 radical (unpaired) electrons. The van der Waals surface area contributed by atoms with Crippen molar-refractivity contribution in [3.05, 3.63) is 35.9 Å². The average Bonchev–Trinajstić information content (AvgIpc) is 3.17. The van der Waals surface area contributed by atoms with Crippen molar-refractivity contribution >= 4 is 18.0 Å². The van der Waals surface area contributed by atoms with Crippen LogP contribution in [0.5, 0.6) is 0 Å². The molecule has 8 nitrogen and oxygen atoms in total. The summed E-state index contributed by atoms with van der Waals surface area (Å²) in [4.78, 5) is 38.8. The molecule has 1 fully saturated rings. The standard InChI is InChI=1S/C22H29N3O5/c1-22(2,3)30-21(28)24-18(20(27)25-13-7-10-17(25)14-23)11-12-19(26)29-15-16-8-5-4-6-9-16/h4-6,8-9,17-18H,7,10-13,15H2,1-3H3,(H,24,28)/t17-,18-/m0/s1. The molecule has 0 aliphatic carbocycles. The van der Waals surface area contributed by atoms with Crippen molar-refractivity contribution in [1.29, 1.82) is 5.26 Å².